The molecule has 2 aromatic rings. The Bertz CT molecular complexity index is 731. The molecule has 3 rings (SSSR count). The molecule has 0 bridgehead atoms. The first-order chi connectivity index (χ1) is 11.6. The molecule has 1 aliphatic heterocycles. The molecule has 126 valence electrons. The summed E-state index contributed by atoms with van der Waals surface area (Å²) in [5.74, 6) is 1.06. The number of benzene rings is 1. The minimum Gasteiger partial charge on any atom is -0.339 e. The predicted molar refractivity (Wildman–Crippen MR) is 93.4 cm³/mol. The number of rotatable bonds is 4. The van der Waals surface area contributed by atoms with E-state index in [-0.39, 0.29) is 11.8 Å². The van der Waals surface area contributed by atoms with Gasteiger partial charge in [-0.15, -0.1) is 11.8 Å². The Morgan fingerprint density at radius 3 is 2.75 bits per heavy atom. The number of nitrogens with zero attached hydrogens (tertiary/aromatic N) is 4. The standard InChI is InChI=1S/C17H20N4O2S/c1-19(9-13-8-18-20(2)10-13)17(23)15-11-24-12-21(15)16(22)14-6-4-3-5-7-14/h3-8,10,15H,9,11-12H2,1-2H3. The average molecular weight is 344 g/mol. The second-order valence-corrected chi connectivity index (χ2v) is 6.87. The zero-order valence-electron chi connectivity index (χ0n) is 13.8. The second-order valence-electron chi connectivity index (χ2n) is 5.87. The van der Waals surface area contributed by atoms with Crippen LogP contribution in [0, 0.1) is 0 Å². The third-order valence-corrected chi connectivity index (χ3v) is 5.02. The van der Waals surface area contributed by atoms with Crippen molar-refractivity contribution in [2.45, 2.75) is 12.6 Å². The van der Waals surface area contributed by atoms with Gasteiger partial charge in [-0.25, -0.2) is 0 Å². The number of carbonyl (C=O) groups is 2. The molecular weight excluding hydrogens is 324 g/mol. The van der Waals surface area contributed by atoms with Gasteiger partial charge in [0.25, 0.3) is 5.91 Å². The smallest absolute Gasteiger partial charge is 0.255 e. The summed E-state index contributed by atoms with van der Waals surface area (Å²) in [6.45, 7) is 0.487. The minimum atomic E-state index is -0.413. The molecule has 7 heteroatoms. The molecule has 1 atom stereocenters. The molecule has 0 N–H and O–H groups in total. The molecule has 2 heterocycles. The van der Waals surface area contributed by atoms with Gasteiger partial charge in [-0.1, -0.05) is 18.2 Å². The Kier molecular flexibility index (Phi) is 4.89. The number of thioether (sulfide) groups is 1. The van der Waals surface area contributed by atoms with E-state index in [1.165, 1.54) is 0 Å². The molecular formula is C17H20N4O2S. The van der Waals surface area contributed by atoms with Gasteiger partial charge in [0.1, 0.15) is 6.04 Å². The van der Waals surface area contributed by atoms with Gasteiger partial charge in [0, 0.05) is 43.7 Å². The maximum Gasteiger partial charge on any atom is 0.255 e. The van der Waals surface area contributed by atoms with Gasteiger partial charge in [0.15, 0.2) is 0 Å². The normalized spacial score (nSPS) is 17.1. The summed E-state index contributed by atoms with van der Waals surface area (Å²) in [7, 11) is 3.61. The van der Waals surface area contributed by atoms with E-state index in [9.17, 15) is 9.59 Å². The van der Waals surface area contributed by atoms with Gasteiger partial charge in [-0.05, 0) is 12.1 Å². The van der Waals surface area contributed by atoms with E-state index in [0.29, 0.717) is 23.7 Å². The molecule has 1 aromatic heterocycles. The predicted octanol–water partition coefficient (Wildman–Crippen LogP) is 1.59. The van der Waals surface area contributed by atoms with Crippen molar-refractivity contribution < 1.29 is 9.59 Å². The summed E-state index contributed by atoms with van der Waals surface area (Å²) in [4.78, 5) is 28.8. The summed E-state index contributed by atoms with van der Waals surface area (Å²) < 4.78 is 1.71. The molecule has 0 radical (unpaired) electrons. The SMILES string of the molecule is CN(Cc1cnn(C)c1)C(=O)C1CSCN1C(=O)c1ccccc1. The lowest BCUT2D eigenvalue weighted by Gasteiger charge is -2.27. The lowest BCUT2D eigenvalue weighted by molar-refractivity contribution is -0.134. The third kappa shape index (κ3) is 3.46. The Hall–Kier alpha value is -2.28. The molecule has 0 aliphatic carbocycles. The largest absolute Gasteiger partial charge is 0.339 e. The van der Waals surface area contributed by atoms with Crippen molar-refractivity contribution in [2.75, 3.05) is 18.7 Å². The van der Waals surface area contributed by atoms with Crippen molar-refractivity contribution in [1.29, 1.82) is 0 Å². The lowest BCUT2D eigenvalue weighted by atomic mass is 10.1. The van der Waals surface area contributed by atoms with Crippen LogP contribution in [0.3, 0.4) is 0 Å². The average Bonchev–Trinajstić information content (AvgIpc) is 3.23. The summed E-state index contributed by atoms with van der Waals surface area (Å²) >= 11 is 1.61. The van der Waals surface area contributed by atoms with E-state index in [1.807, 2.05) is 31.4 Å². The van der Waals surface area contributed by atoms with Crippen molar-refractivity contribution in [3.8, 4) is 0 Å². The number of aromatic nitrogens is 2. The van der Waals surface area contributed by atoms with Crippen LogP contribution in [0.15, 0.2) is 42.7 Å². The van der Waals surface area contributed by atoms with E-state index in [0.717, 1.165) is 5.56 Å². The molecule has 1 aliphatic rings. The monoisotopic (exact) mass is 344 g/mol. The highest BCUT2D eigenvalue weighted by molar-refractivity contribution is 7.99. The van der Waals surface area contributed by atoms with E-state index in [4.69, 9.17) is 0 Å². The van der Waals surface area contributed by atoms with Crippen LogP contribution in [-0.2, 0) is 18.4 Å². The number of hydrogen-bond acceptors (Lipinski definition) is 4. The zero-order chi connectivity index (χ0) is 17.1. The molecule has 0 spiro atoms. The van der Waals surface area contributed by atoms with Gasteiger partial charge >= 0.3 is 0 Å². The van der Waals surface area contributed by atoms with Crippen molar-refractivity contribution in [2.24, 2.45) is 7.05 Å². The Balaban J connectivity index is 1.70. The van der Waals surface area contributed by atoms with Gasteiger partial charge < -0.3 is 9.80 Å². The molecule has 6 nitrogen and oxygen atoms in total. The fourth-order valence-corrected chi connectivity index (χ4v) is 3.90. The highest BCUT2D eigenvalue weighted by atomic mass is 32.2. The van der Waals surface area contributed by atoms with Crippen molar-refractivity contribution >= 4 is 23.6 Å². The van der Waals surface area contributed by atoms with Crippen LogP contribution >= 0.6 is 11.8 Å². The first-order valence-corrected chi connectivity index (χ1v) is 8.88. The fraction of sp³-hybridized carbons (Fsp3) is 0.353. The molecule has 0 saturated carbocycles. The third-order valence-electron chi connectivity index (χ3n) is 4.00. The molecule has 1 aromatic carbocycles. The summed E-state index contributed by atoms with van der Waals surface area (Å²) in [6, 6.07) is 8.70. The highest BCUT2D eigenvalue weighted by Gasteiger charge is 2.36. The minimum absolute atomic E-state index is 0.0341. The number of carbonyl (C=O) groups excluding carboxylic acids is 2. The maximum atomic E-state index is 12.8. The summed E-state index contributed by atoms with van der Waals surface area (Å²) in [5.41, 5.74) is 1.59. The fourth-order valence-electron chi connectivity index (χ4n) is 2.75. The van der Waals surface area contributed by atoms with Crippen molar-refractivity contribution in [3.05, 3.63) is 53.9 Å². The summed E-state index contributed by atoms with van der Waals surface area (Å²) in [5, 5.41) is 4.12. The molecule has 1 fully saturated rings. The number of likely N-dealkylation sites (N-methyl/N-ethyl adjacent to an activating group) is 1. The number of hydrogen-bond donors (Lipinski definition) is 0. The van der Waals surface area contributed by atoms with Gasteiger partial charge in [-0.2, -0.15) is 5.10 Å². The molecule has 1 unspecified atom stereocenters. The first kappa shape index (κ1) is 16.6. The van der Waals surface area contributed by atoms with Crippen LogP contribution in [0.5, 0.6) is 0 Å². The Labute approximate surface area is 145 Å². The van der Waals surface area contributed by atoms with Crippen molar-refractivity contribution in [3.63, 3.8) is 0 Å². The topological polar surface area (TPSA) is 58.4 Å². The van der Waals surface area contributed by atoms with E-state index in [2.05, 4.69) is 5.10 Å². The lowest BCUT2D eigenvalue weighted by Crippen LogP contribution is -2.47. The maximum absolute atomic E-state index is 12.8. The van der Waals surface area contributed by atoms with Crippen LogP contribution in [0.2, 0.25) is 0 Å². The van der Waals surface area contributed by atoms with Crippen LogP contribution in [0.4, 0.5) is 0 Å². The molecule has 1 saturated heterocycles. The zero-order valence-corrected chi connectivity index (χ0v) is 14.6. The van der Waals surface area contributed by atoms with E-state index in [1.54, 1.807) is 51.6 Å². The van der Waals surface area contributed by atoms with Crippen LogP contribution in [-0.4, -0.2) is 56.1 Å². The van der Waals surface area contributed by atoms with Gasteiger partial charge in [-0.3, -0.25) is 14.3 Å². The highest BCUT2D eigenvalue weighted by Crippen LogP contribution is 2.24. The van der Waals surface area contributed by atoms with Gasteiger partial charge in [0.2, 0.25) is 5.91 Å². The number of aryl methyl sites for hydroxylation is 1. The number of amides is 2. The van der Waals surface area contributed by atoms with Gasteiger partial charge in [0.05, 0.1) is 12.1 Å². The van der Waals surface area contributed by atoms with Crippen molar-refractivity contribution in [1.82, 2.24) is 19.6 Å². The second kappa shape index (κ2) is 7.09. The quantitative estimate of drug-likeness (QED) is 0.845. The Morgan fingerprint density at radius 2 is 2.08 bits per heavy atom. The summed E-state index contributed by atoms with van der Waals surface area (Å²) in [6.07, 6.45) is 3.64. The van der Waals surface area contributed by atoms with Crippen LogP contribution < -0.4 is 0 Å². The molecule has 24 heavy (non-hydrogen) atoms. The van der Waals surface area contributed by atoms with Crippen LogP contribution in [0.1, 0.15) is 15.9 Å². The Morgan fingerprint density at radius 1 is 1.33 bits per heavy atom. The van der Waals surface area contributed by atoms with E-state index >= 15 is 0 Å². The van der Waals surface area contributed by atoms with Crippen LogP contribution in [0.25, 0.3) is 0 Å². The first-order valence-electron chi connectivity index (χ1n) is 7.72. The van der Waals surface area contributed by atoms with E-state index < -0.39 is 6.04 Å². The molecule has 2 amide bonds.